The summed E-state index contributed by atoms with van der Waals surface area (Å²) in [5.74, 6) is -1.20. The molecule has 0 aliphatic heterocycles. The van der Waals surface area contributed by atoms with Crippen molar-refractivity contribution in [1.29, 1.82) is 0 Å². The maximum Gasteiger partial charge on any atom is 0.317 e. The van der Waals surface area contributed by atoms with Crippen LogP contribution in [0.2, 0.25) is 0 Å². The van der Waals surface area contributed by atoms with E-state index in [1.165, 1.54) is 12.1 Å². The third kappa shape index (κ3) is 4.44. The second-order valence-corrected chi connectivity index (χ2v) is 4.98. The van der Waals surface area contributed by atoms with E-state index in [1.54, 1.807) is 11.0 Å². The maximum atomic E-state index is 13.1. The van der Waals surface area contributed by atoms with Gasteiger partial charge in [0.15, 0.2) is 0 Å². The van der Waals surface area contributed by atoms with E-state index in [-0.39, 0.29) is 18.4 Å². The van der Waals surface area contributed by atoms with Crippen molar-refractivity contribution in [2.75, 3.05) is 6.54 Å². The van der Waals surface area contributed by atoms with Gasteiger partial charge in [-0.3, -0.25) is 9.69 Å². The summed E-state index contributed by atoms with van der Waals surface area (Å²) in [4.78, 5) is 12.5. The minimum absolute atomic E-state index is 0.0549. The normalized spacial score (nSPS) is 11.2. The quantitative estimate of drug-likeness (QED) is 0.909. The van der Waals surface area contributed by atoms with Crippen molar-refractivity contribution in [3.05, 3.63) is 34.1 Å². The van der Waals surface area contributed by atoms with Gasteiger partial charge in [0.2, 0.25) is 0 Å². The van der Waals surface area contributed by atoms with Crippen molar-refractivity contribution in [1.82, 2.24) is 4.90 Å². The van der Waals surface area contributed by atoms with Gasteiger partial charge in [0.05, 0.1) is 6.54 Å². The first-order valence-electron chi connectivity index (χ1n) is 5.30. The third-order valence-corrected chi connectivity index (χ3v) is 3.22. The number of rotatable bonds is 5. The monoisotopic (exact) mass is 303 g/mol. The number of aliphatic carboxylic acids is 1. The lowest BCUT2D eigenvalue weighted by Gasteiger charge is -2.25. The molecule has 1 aromatic carbocycles. The van der Waals surface area contributed by atoms with Gasteiger partial charge in [-0.25, -0.2) is 4.39 Å². The zero-order valence-corrected chi connectivity index (χ0v) is 11.4. The van der Waals surface area contributed by atoms with Gasteiger partial charge in [0, 0.05) is 17.1 Å². The summed E-state index contributed by atoms with van der Waals surface area (Å²) in [5, 5.41) is 8.81. The molecule has 0 fully saturated rings. The van der Waals surface area contributed by atoms with E-state index in [4.69, 9.17) is 5.11 Å². The van der Waals surface area contributed by atoms with Crippen molar-refractivity contribution in [3.63, 3.8) is 0 Å². The lowest BCUT2D eigenvalue weighted by Crippen LogP contribution is -2.35. The van der Waals surface area contributed by atoms with Gasteiger partial charge in [0.1, 0.15) is 5.82 Å². The van der Waals surface area contributed by atoms with Gasteiger partial charge in [-0.1, -0.05) is 15.9 Å². The molecular formula is C12H15BrFNO2. The van der Waals surface area contributed by atoms with Crippen LogP contribution >= 0.6 is 15.9 Å². The van der Waals surface area contributed by atoms with Crippen molar-refractivity contribution < 1.29 is 14.3 Å². The van der Waals surface area contributed by atoms with Crippen LogP contribution in [0.3, 0.4) is 0 Å². The van der Waals surface area contributed by atoms with Crippen LogP contribution in [0.4, 0.5) is 4.39 Å². The van der Waals surface area contributed by atoms with Crippen molar-refractivity contribution in [2.24, 2.45) is 0 Å². The molecule has 0 unspecified atom stereocenters. The van der Waals surface area contributed by atoms with Crippen LogP contribution in [0.1, 0.15) is 19.4 Å². The van der Waals surface area contributed by atoms with Crippen LogP contribution in [-0.4, -0.2) is 28.6 Å². The number of carboxylic acid groups (broad SMARTS) is 1. The van der Waals surface area contributed by atoms with Crippen LogP contribution in [0.5, 0.6) is 0 Å². The SMILES string of the molecule is CC(C)N(CC(=O)O)Cc1cc(F)ccc1Br. The molecule has 0 atom stereocenters. The second kappa shape index (κ2) is 6.12. The molecule has 1 aromatic rings. The predicted octanol–water partition coefficient (Wildman–Crippen LogP) is 2.88. The first-order chi connectivity index (χ1) is 7.90. The highest BCUT2D eigenvalue weighted by Crippen LogP contribution is 2.20. The molecule has 1 N–H and O–H groups in total. The predicted molar refractivity (Wildman–Crippen MR) is 67.3 cm³/mol. The number of carboxylic acids is 1. The highest BCUT2D eigenvalue weighted by atomic mass is 79.9. The van der Waals surface area contributed by atoms with E-state index in [1.807, 2.05) is 13.8 Å². The number of hydrogen-bond acceptors (Lipinski definition) is 2. The lowest BCUT2D eigenvalue weighted by molar-refractivity contribution is -0.138. The molecule has 0 amide bonds. The molecule has 0 saturated carbocycles. The number of benzene rings is 1. The van der Waals surface area contributed by atoms with E-state index in [9.17, 15) is 9.18 Å². The molecule has 3 nitrogen and oxygen atoms in total. The minimum atomic E-state index is -0.883. The van der Waals surface area contributed by atoms with Gasteiger partial charge >= 0.3 is 5.97 Å². The standard InChI is InChI=1S/C12H15BrFNO2/c1-8(2)15(7-12(16)17)6-9-5-10(14)3-4-11(9)13/h3-5,8H,6-7H2,1-2H3,(H,16,17). The average Bonchev–Trinajstić information content (AvgIpc) is 2.21. The number of hydrogen-bond donors (Lipinski definition) is 1. The maximum absolute atomic E-state index is 13.1. The number of nitrogens with zero attached hydrogens (tertiary/aromatic N) is 1. The molecular weight excluding hydrogens is 289 g/mol. The lowest BCUT2D eigenvalue weighted by atomic mass is 10.2. The Kier molecular flexibility index (Phi) is 5.08. The Balaban J connectivity index is 2.85. The van der Waals surface area contributed by atoms with Crippen molar-refractivity contribution in [2.45, 2.75) is 26.4 Å². The largest absolute Gasteiger partial charge is 0.480 e. The smallest absolute Gasteiger partial charge is 0.317 e. The molecule has 0 heterocycles. The Morgan fingerprint density at radius 1 is 1.53 bits per heavy atom. The molecule has 1 rings (SSSR count). The van der Waals surface area contributed by atoms with Crippen LogP contribution in [0.25, 0.3) is 0 Å². The zero-order valence-electron chi connectivity index (χ0n) is 9.78. The fraction of sp³-hybridized carbons (Fsp3) is 0.417. The topological polar surface area (TPSA) is 40.5 Å². The van der Waals surface area contributed by atoms with Gasteiger partial charge in [-0.15, -0.1) is 0 Å². The van der Waals surface area contributed by atoms with E-state index < -0.39 is 5.97 Å². The molecule has 0 aromatic heterocycles. The zero-order chi connectivity index (χ0) is 13.0. The minimum Gasteiger partial charge on any atom is -0.480 e. The van der Waals surface area contributed by atoms with Gasteiger partial charge in [-0.2, -0.15) is 0 Å². The van der Waals surface area contributed by atoms with Crippen molar-refractivity contribution in [3.8, 4) is 0 Å². The molecule has 5 heteroatoms. The van der Waals surface area contributed by atoms with Gasteiger partial charge in [0.25, 0.3) is 0 Å². The molecule has 0 bridgehead atoms. The fourth-order valence-corrected chi connectivity index (χ4v) is 1.85. The highest BCUT2D eigenvalue weighted by molar-refractivity contribution is 9.10. The van der Waals surface area contributed by atoms with E-state index in [2.05, 4.69) is 15.9 Å². The molecule has 0 aliphatic rings. The summed E-state index contributed by atoms with van der Waals surface area (Å²) in [5.41, 5.74) is 0.750. The van der Waals surface area contributed by atoms with Crippen LogP contribution in [0.15, 0.2) is 22.7 Å². The molecule has 94 valence electrons. The summed E-state index contributed by atoms with van der Waals surface area (Å²) < 4.78 is 13.9. The summed E-state index contributed by atoms with van der Waals surface area (Å²) in [6.45, 7) is 4.18. The Morgan fingerprint density at radius 3 is 2.71 bits per heavy atom. The van der Waals surface area contributed by atoms with E-state index >= 15 is 0 Å². The molecule has 0 spiro atoms. The summed E-state index contributed by atoms with van der Waals surface area (Å²) in [7, 11) is 0. The van der Waals surface area contributed by atoms with Crippen LogP contribution in [-0.2, 0) is 11.3 Å². The third-order valence-electron chi connectivity index (χ3n) is 2.45. The molecule has 17 heavy (non-hydrogen) atoms. The molecule has 0 radical (unpaired) electrons. The van der Waals surface area contributed by atoms with Crippen LogP contribution < -0.4 is 0 Å². The second-order valence-electron chi connectivity index (χ2n) is 4.13. The molecule has 0 aliphatic carbocycles. The first kappa shape index (κ1) is 14.1. The average molecular weight is 304 g/mol. The fourth-order valence-electron chi connectivity index (χ4n) is 1.48. The number of halogens is 2. The summed E-state index contributed by atoms with van der Waals surface area (Å²) in [6, 6.07) is 4.50. The first-order valence-corrected chi connectivity index (χ1v) is 6.09. The Bertz CT molecular complexity index is 409. The van der Waals surface area contributed by atoms with Gasteiger partial charge in [-0.05, 0) is 37.6 Å². The van der Waals surface area contributed by atoms with Crippen LogP contribution in [0, 0.1) is 5.82 Å². The Morgan fingerprint density at radius 2 is 2.18 bits per heavy atom. The molecule has 0 saturated heterocycles. The Hall–Kier alpha value is -0.940. The van der Waals surface area contributed by atoms with Gasteiger partial charge < -0.3 is 5.11 Å². The van der Waals surface area contributed by atoms with E-state index in [0.717, 1.165) is 10.0 Å². The number of carbonyl (C=O) groups is 1. The highest BCUT2D eigenvalue weighted by Gasteiger charge is 2.15. The summed E-state index contributed by atoms with van der Waals surface area (Å²) in [6.07, 6.45) is 0. The summed E-state index contributed by atoms with van der Waals surface area (Å²) >= 11 is 3.33. The van der Waals surface area contributed by atoms with E-state index in [0.29, 0.717) is 6.54 Å². The van der Waals surface area contributed by atoms with Crippen molar-refractivity contribution >= 4 is 21.9 Å². The Labute approximate surface area is 108 Å².